The molecule has 3 heteroatoms. The van der Waals surface area contributed by atoms with Gasteiger partial charge in [-0.05, 0) is 25.8 Å². The van der Waals surface area contributed by atoms with Gasteiger partial charge in [0.25, 0.3) is 0 Å². The van der Waals surface area contributed by atoms with Crippen LogP contribution >= 0.6 is 0 Å². The van der Waals surface area contributed by atoms with E-state index in [0.717, 1.165) is 13.1 Å². The lowest BCUT2D eigenvalue weighted by molar-refractivity contribution is -0.141. The Labute approximate surface area is 118 Å². The Bertz CT molecular complexity index is 249. The van der Waals surface area contributed by atoms with E-state index in [9.17, 15) is 4.79 Å². The Morgan fingerprint density at radius 1 is 1.21 bits per heavy atom. The summed E-state index contributed by atoms with van der Waals surface area (Å²) in [4.78, 5) is 13.5. The van der Waals surface area contributed by atoms with E-state index < -0.39 is 5.97 Å². The highest BCUT2D eigenvalue weighted by Gasteiger charge is 2.25. The van der Waals surface area contributed by atoms with E-state index >= 15 is 0 Å². The molecule has 0 aromatic heterocycles. The van der Waals surface area contributed by atoms with Gasteiger partial charge in [-0.3, -0.25) is 9.69 Å². The third-order valence-corrected chi connectivity index (χ3v) is 4.32. The molecular formula is C16H31NO2. The zero-order chi connectivity index (χ0) is 14.1. The Hall–Kier alpha value is -0.570. The monoisotopic (exact) mass is 269 g/mol. The summed E-state index contributed by atoms with van der Waals surface area (Å²) in [5.41, 5.74) is 0. The standard InChI is InChI=1S/C16H31NO2/c1-3-4-5-6-9-12-17(13-14(2)16(18)19)15-10-7-8-11-15/h14-15H,3-13H2,1-2H3,(H,18,19). The minimum atomic E-state index is -0.658. The fraction of sp³-hybridized carbons (Fsp3) is 0.938. The molecule has 0 radical (unpaired) electrons. The zero-order valence-electron chi connectivity index (χ0n) is 12.7. The highest BCUT2D eigenvalue weighted by Crippen LogP contribution is 2.24. The molecule has 0 amide bonds. The van der Waals surface area contributed by atoms with Gasteiger partial charge >= 0.3 is 5.97 Å². The average Bonchev–Trinajstić information content (AvgIpc) is 2.90. The van der Waals surface area contributed by atoms with Gasteiger partial charge in [-0.15, -0.1) is 0 Å². The van der Waals surface area contributed by atoms with Crippen LogP contribution in [-0.2, 0) is 4.79 Å². The van der Waals surface area contributed by atoms with Crippen molar-refractivity contribution in [3.8, 4) is 0 Å². The molecule has 1 saturated carbocycles. The number of nitrogens with zero attached hydrogens (tertiary/aromatic N) is 1. The lowest BCUT2D eigenvalue weighted by Gasteiger charge is -2.30. The second-order valence-electron chi connectivity index (χ2n) is 6.09. The molecule has 0 aliphatic heterocycles. The van der Waals surface area contributed by atoms with Crippen molar-refractivity contribution in [1.82, 2.24) is 4.90 Å². The first-order chi connectivity index (χ1) is 9.15. The van der Waals surface area contributed by atoms with Crippen LogP contribution in [0.3, 0.4) is 0 Å². The van der Waals surface area contributed by atoms with Gasteiger partial charge < -0.3 is 5.11 Å². The predicted octanol–water partition coefficient (Wildman–Crippen LogP) is 3.92. The number of carboxylic acid groups (broad SMARTS) is 1. The fourth-order valence-electron chi connectivity index (χ4n) is 3.04. The van der Waals surface area contributed by atoms with Gasteiger partial charge in [0, 0.05) is 12.6 Å². The molecule has 0 aromatic rings. The van der Waals surface area contributed by atoms with Crippen molar-refractivity contribution in [2.45, 2.75) is 77.7 Å². The summed E-state index contributed by atoms with van der Waals surface area (Å²) >= 11 is 0. The van der Waals surface area contributed by atoms with Crippen LogP contribution in [-0.4, -0.2) is 35.1 Å². The average molecular weight is 269 g/mol. The number of rotatable bonds is 10. The molecule has 0 aromatic carbocycles. The molecule has 1 rings (SSSR count). The first kappa shape index (κ1) is 16.5. The summed E-state index contributed by atoms with van der Waals surface area (Å²) in [5, 5.41) is 9.09. The third-order valence-electron chi connectivity index (χ3n) is 4.32. The second-order valence-corrected chi connectivity index (χ2v) is 6.09. The zero-order valence-corrected chi connectivity index (χ0v) is 12.7. The van der Waals surface area contributed by atoms with Crippen molar-refractivity contribution in [3.63, 3.8) is 0 Å². The summed E-state index contributed by atoms with van der Waals surface area (Å²) < 4.78 is 0. The smallest absolute Gasteiger partial charge is 0.307 e. The molecule has 1 unspecified atom stereocenters. The molecule has 1 atom stereocenters. The molecule has 1 fully saturated rings. The Morgan fingerprint density at radius 2 is 1.84 bits per heavy atom. The predicted molar refractivity (Wildman–Crippen MR) is 79.4 cm³/mol. The van der Waals surface area contributed by atoms with Crippen molar-refractivity contribution < 1.29 is 9.90 Å². The Balaban J connectivity index is 2.33. The summed E-state index contributed by atoms with van der Waals surface area (Å²) in [6.07, 6.45) is 11.6. The van der Waals surface area contributed by atoms with Crippen LogP contribution in [0.4, 0.5) is 0 Å². The van der Waals surface area contributed by atoms with E-state index in [1.165, 1.54) is 57.8 Å². The minimum Gasteiger partial charge on any atom is -0.481 e. The van der Waals surface area contributed by atoms with E-state index in [1.807, 2.05) is 6.92 Å². The maximum atomic E-state index is 11.0. The van der Waals surface area contributed by atoms with Crippen LogP contribution in [0, 0.1) is 5.92 Å². The number of hydrogen-bond acceptors (Lipinski definition) is 2. The lowest BCUT2D eigenvalue weighted by Crippen LogP contribution is -2.39. The molecule has 1 N–H and O–H groups in total. The van der Waals surface area contributed by atoms with Crippen LogP contribution in [0.25, 0.3) is 0 Å². The molecule has 0 bridgehead atoms. The second kappa shape index (κ2) is 9.35. The normalized spacial score (nSPS) is 18.1. The summed E-state index contributed by atoms with van der Waals surface area (Å²) in [6.45, 7) is 5.89. The number of carbonyl (C=O) groups is 1. The van der Waals surface area contributed by atoms with Crippen molar-refractivity contribution in [2.75, 3.05) is 13.1 Å². The maximum absolute atomic E-state index is 11.0. The van der Waals surface area contributed by atoms with Gasteiger partial charge in [0.2, 0.25) is 0 Å². The van der Waals surface area contributed by atoms with Gasteiger partial charge in [-0.25, -0.2) is 0 Å². The van der Waals surface area contributed by atoms with Crippen LogP contribution in [0.15, 0.2) is 0 Å². The molecule has 3 nitrogen and oxygen atoms in total. The quantitative estimate of drug-likeness (QED) is 0.611. The molecule has 0 spiro atoms. The van der Waals surface area contributed by atoms with E-state index in [-0.39, 0.29) is 5.92 Å². The summed E-state index contributed by atoms with van der Waals surface area (Å²) in [6, 6.07) is 0.646. The van der Waals surface area contributed by atoms with Crippen LogP contribution in [0.1, 0.15) is 71.6 Å². The fourth-order valence-corrected chi connectivity index (χ4v) is 3.04. The molecule has 0 saturated heterocycles. The number of aliphatic carboxylic acids is 1. The van der Waals surface area contributed by atoms with Gasteiger partial charge in [-0.2, -0.15) is 0 Å². The van der Waals surface area contributed by atoms with Gasteiger partial charge in [0.1, 0.15) is 0 Å². The maximum Gasteiger partial charge on any atom is 0.307 e. The molecule has 112 valence electrons. The third kappa shape index (κ3) is 6.42. The number of hydrogen-bond donors (Lipinski definition) is 1. The Morgan fingerprint density at radius 3 is 2.42 bits per heavy atom. The van der Waals surface area contributed by atoms with Crippen LogP contribution in [0.2, 0.25) is 0 Å². The van der Waals surface area contributed by atoms with Crippen molar-refractivity contribution in [3.05, 3.63) is 0 Å². The van der Waals surface area contributed by atoms with E-state index in [0.29, 0.717) is 6.04 Å². The topological polar surface area (TPSA) is 40.5 Å². The number of unbranched alkanes of at least 4 members (excludes halogenated alkanes) is 4. The van der Waals surface area contributed by atoms with Gasteiger partial charge in [-0.1, -0.05) is 52.4 Å². The molecule has 1 aliphatic carbocycles. The van der Waals surface area contributed by atoms with Gasteiger partial charge in [0.05, 0.1) is 5.92 Å². The van der Waals surface area contributed by atoms with Crippen LogP contribution in [0.5, 0.6) is 0 Å². The molecular weight excluding hydrogens is 238 g/mol. The largest absolute Gasteiger partial charge is 0.481 e. The van der Waals surface area contributed by atoms with E-state index in [2.05, 4.69) is 11.8 Å². The van der Waals surface area contributed by atoms with Crippen molar-refractivity contribution in [1.29, 1.82) is 0 Å². The van der Waals surface area contributed by atoms with E-state index in [4.69, 9.17) is 5.11 Å². The van der Waals surface area contributed by atoms with Crippen molar-refractivity contribution >= 4 is 5.97 Å². The first-order valence-electron chi connectivity index (χ1n) is 8.12. The Kier molecular flexibility index (Phi) is 8.11. The minimum absolute atomic E-state index is 0.240. The molecule has 19 heavy (non-hydrogen) atoms. The highest BCUT2D eigenvalue weighted by atomic mass is 16.4. The van der Waals surface area contributed by atoms with Gasteiger partial charge in [0.15, 0.2) is 0 Å². The highest BCUT2D eigenvalue weighted by molar-refractivity contribution is 5.69. The SMILES string of the molecule is CCCCCCCN(CC(C)C(=O)O)C1CCCC1. The molecule has 1 aliphatic rings. The van der Waals surface area contributed by atoms with Crippen LogP contribution < -0.4 is 0 Å². The number of carboxylic acids is 1. The summed E-state index contributed by atoms with van der Waals surface area (Å²) in [5.74, 6) is -0.898. The van der Waals surface area contributed by atoms with Crippen molar-refractivity contribution in [2.24, 2.45) is 5.92 Å². The van der Waals surface area contributed by atoms with E-state index in [1.54, 1.807) is 0 Å². The first-order valence-corrected chi connectivity index (χ1v) is 8.12. The summed E-state index contributed by atoms with van der Waals surface area (Å²) in [7, 11) is 0. The molecule has 0 heterocycles. The lowest BCUT2D eigenvalue weighted by atomic mass is 10.1.